The molecule has 0 bridgehead atoms. The van der Waals surface area contributed by atoms with Gasteiger partial charge in [0.05, 0.1) is 11.1 Å². The minimum absolute atomic E-state index is 0.156. The molecule has 0 spiro atoms. The van der Waals surface area contributed by atoms with Crippen molar-refractivity contribution in [2.24, 2.45) is 0 Å². The summed E-state index contributed by atoms with van der Waals surface area (Å²) in [6.45, 7) is 5.77. The van der Waals surface area contributed by atoms with E-state index in [0.29, 0.717) is 11.8 Å². The molecule has 0 saturated heterocycles. The summed E-state index contributed by atoms with van der Waals surface area (Å²) in [7, 11) is 0. The van der Waals surface area contributed by atoms with Crippen molar-refractivity contribution in [3.63, 3.8) is 0 Å². The van der Waals surface area contributed by atoms with Gasteiger partial charge in [-0.25, -0.2) is 5.10 Å². The number of H-pyrrole nitrogens is 1. The van der Waals surface area contributed by atoms with Gasteiger partial charge in [-0.2, -0.15) is 5.10 Å². The zero-order chi connectivity index (χ0) is 13.7. The second kappa shape index (κ2) is 5.96. The Labute approximate surface area is 112 Å². The molecule has 3 nitrogen and oxygen atoms in total. The van der Waals surface area contributed by atoms with Gasteiger partial charge in [-0.05, 0) is 18.6 Å². The van der Waals surface area contributed by atoms with Crippen molar-refractivity contribution >= 4 is 10.8 Å². The lowest BCUT2D eigenvalue weighted by molar-refractivity contribution is 0.934. The molecular formula is C16H16N2O. The molecule has 0 aliphatic carbocycles. The van der Waals surface area contributed by atoms with Gasteiger partial charge in [-0.3, -0.25) is 4.79 Å². The van der Waals surface area contributed by atoms with E-state index in [9.17, 15) is 4.79 Å². The lowest BCUT2D eigenvalue weighted by Crippen LogP contribution is -2.11. The van der Waals surface area contributed by atoms with Crippen LogP contribution in [0.25, 0.3) is 10.8 Å². The van der Waals surface area contributed by atoms with Crippen LogP contribution >= 0.6 is 0 Å². The number of hydrogen-bond donors (Lipinski definition) is 1. The minimum Gasteiger partial charge on any atom is -0.267 e. The van der Waals surface area contributed by atoms with Gasteiger partial charge in [0.15, 0.2) is 0 Å². The largest absolute Gasteiger partial charge is 0.272 e. The first-order valence-electron chi connectivity index (χ1n) is 6.17. The van der Waals surface area contributed by atoms with Gasteiger partial charge in [0.1, 0.15) is 0 Å². The molecule has 0 saturated carbocycles. The van der Waals surface area contributed by atoms with E-state index in [2.05, 4.69) is 16.8 Å². The van der Waals surface area contributed by atoms with E-state index in [1.165, 1.54) is 0 Å². The number of benzene rings is 1. The van der Waals surface area contributed by atoms with Gasteiger partial charge in [-0.1, -0.05) is 49.1 Å². The molecule has 0 unspecified atom stereocenters. The number of hydrogen-bond acceptors (Lipinski definition) is 2. The SMILES string of the molecule is C=CC(=CC=CC)Cc1n[nH]c(=O)c2ccccc12. The third-order valence-corrected chi connectivity index (χ3v) is 2.91. The Morgan fingerprint density at radius 2 is 2.11 bits per heavy atom. The molecule has 0 atom stereocenters. The summed E-state index contributed by atoms with van der Waals surface area (Å²) in [5.41, 5.74) is 1.76. The van der Waals surface area contributed by atoms with E-state index in [1.807, 2.05) is 55.5 Å². The van der Waals surface area contributed by atoms with Crippen molar-refractivity contribution in [1.29, 1.82) is 0 Å². The molecule has 0 radical (unpaired) electrons. The van der Waals surface area contributed by atoms with Gasteiger partial charge >= 0.3 is 0 Å². The second-order valence-electron chi connectivity index (χ2n) is 4.19. The van der Waals surface area contributed by atoms with E-state index in [-0.39, 0.29) is 5.56 Å². The Balaban J connectivity index is 2.49. The molecule has 3 heteroatoms. The molecule has 19 heavy (non-hydrogen) atoms. The summed E-state index contributed by atoms with van der Waals surface area (Å²) < 4.78 is 0. The molecule has 0 aliphatic rings. The number of nitrogens with one attached hydrogen (secondary N) is 1. The standard InChI is InChI=1S/C16H16N2O/c1-3-5-8-12(4-2)11-15-13-9-6-7-10-14(13)16(19)18-17-15/h3-10H,2,11H2,1H3,(H,18,19). The van der Waals surface area contributed by atoms with Gasteiger partial charge in [0.25, 0.3) is 5.56 Å². The highest BCUT2D eigenvalue weighted by Crippen LogP contribution is 2.16. The molecule has 0 aliphatic heterocycles. The van der Waals surface area contributed by atoms with Crippen molar-refractivity contribution < 1.29 is 0 Å². The van der Waals surface area contributed by atoms with Crippen LogP contribution in [0.3, 0.4) is 0 Å². The first-order chi connectivity index (χ1) is 9.26. The average Bonchev–Trinajstić information content (AvgIpc) is 2.46. The molecule has 0 fully saturated rings. The number of fused-ring (bicyclic) bond motifs is 1. The summed E-state index contributed by atoms with van der Waals surface area (Å²) in [6.07, 6.45) is 8.37. The number of aromatic nitrogens is 2. The highest BCUT2D eigenvalue weighted by molar-refractivity contribution is 5.83. The fraction of sp³-hybridized carbons (Fsp3) is 0.125. The van der Waals surface area contributed by atoms with E-state index in [1.54, 1.807) is 0 Å². The number of rotatable bonds is 4. The van der Waals surface area contributed by atoms with Crippen LogP contribution in [0, 0.1) is 0 Å². The van der Waals surface area contributed by atoms with Gasteiger partial charge in [-0.15, -0.1) is 0 Å². The maximum absolute atomic E-state index is 11.7. The summed E-state index contributed by atoms with van der Waals surface area (Å²) >= 11 is 0. The van der Waals surface area contributed by atoms with Crippen molar-refractivity contribution in [3.8, 4) is 0 Å². The molecule has 2 aromatic rings. The van der Waals surface area contributed by atoms with Crippen molar-refractivity contribution in [3.05, 3.63) is 76.8 Å². The predicted molar refractivity (Wildman–Crippen MR) is 79.2 cm³/mol. The van der Waals surface area contributed by atoms with Crippen LogP contribution < -0.4 is 5.56 Å². The van der Waals surface area contributed by atoms with Crippen LogP contribution in [0.2, 0.25) is 0 Å². The molecule has 1 heterocycles. The van der Waals surface area contributed by atoms with Gasteiger partial charge in [0, 0.05) is 11.8 Å². The van der Waals surface area contributed by atoms with Crippen LogP contribution in [0.5, 0.6) is 0 Å². The second-order valence-corrected chi connectivity index (χ2v) is 4.19. The lowest BCUT2D eigenvalue weighted by atomic mass is 10.0. The van der Waals surface area contributed by atoms with E-state index in [0.717, 1.165) is 16.7 Å². The molecule has 1 aromatic carbocycles. The maximum Gasteiger partial charge on any atom is 0.272 e. The summed E-state index contributed by atoms with van der Waals surface area (Å²) in [5, 5.41) is 8.25. The van der Waals surface area contributed by atoms with Crippen LogP contribution in [0.1, 0.15) is 12.6 Å². The third kappa shape index (κ3) is 2.88. The predicted octanol–water partition coefficient (Wildman–Crippen LogP) is 3.15. The Kier molecular flexibility index (Phi) is 4.08. The smallest absolute Gasteiger partial charge is 0.267 e. The highest BCUT2D eigenvalue weighted by atomic mass is 16.1. The number of aromatic amines is 1. The van der Waals surface area contributed by atoms with Crippen molar-refractivity contribution in [2.45, 2.75) is 13.3 Å². The zero-order valence-corrected chi connectivity index (χ0v) is 10.9. The van der Waals surface area contributed by atoms with Gasteiger partial charge < -0.3 is 0 Å². The van der Waals surface area contributed by atoms with E-state index >= 15 is 0 Å². The van der Waals surface area contributed by atoms with Crippen LogP contribution in [0.15, 0.2) is 65.5 Å². The lowest BCUT2D eigenvalue weighted by Gasteiger charge is -2.05. The quantitative estimate of drug-likeness (QED) is 0.849. The Bertz CT molecular complexity index is 708. The first-order valence-corrected chi connectivity index (χ1v) is 6.17. The fourth-order valence-corrected chi connectivity index (χ4v) is 1.92. The Morgan fingerprint density at radius 3 is 2.79 bits per heavy atom. The fourth-order valence-electron chi connectivity index (χ4n) is 1.92. The normalized spacial score (nSPS) is 12.2. The minimum atomic E-state index is -0.156. The zero-order valence-electron chi connectivity index (χ0n) is 10.9. The monoisotopic (exact) mass is 252 g/mol. The summed E-state index contributed by atoms with van der Waals surface area (Å²) in [4.78, 5) is 11.7. The Hall–Kier alpha value is -2.42. The van der Waals surface area contributed by atoms with Gasteiger partial charge in [0.2, 0.25) is 0 Å². The maximum atomic E-state index is 11.7. The van der Waals surface area contributed by atoms with E-state index < -0.39 is 0 Å². The molecule has 2 rings (SSSR count). The van der Waals surface area contributed by atoms with Crippen molar-refractivity contribution in [2.75, 3.05) is 0 Å². The summed E-state index contributed by atoms with van der Waals surface area (Å²) in [5.74, 6) is 0. The van der Waals surface area contributed by atoms with E-state index in [4.69, 9.17) is 0 Å². The van der Waals surface area contributed by atoms with Crippen molar-refractivity contribution in [1.82, 2.24) is 10.2 Å². The average molecular weight is 252 g/mol. The molecule has 1 aromatic heterocycles. The molecule has 1 N–H and O–H groups in total. The number of allylic oxidation sites excluding steroid dienone is 5. The third-order valence-electron chi connectivity index (χ3n) is 2.91. The Morgan fingerprint density at radius 1 is 1.37 bits per heavy atom. The first kappa shape index (κ1) is 13.0. The highest BCUT2D eigenvalue weighted by Gasteiger charge is 2.06. The van der Waals surface area contributed by atoms with Crippen LogP contribution in [0.4, 0.5) is 0 Å². The summed E-state index contributed by atoms with van der Waals surface area (Å²) in [6, 6.07) is 7.49. The molecular weight excluding hydrogens is 236 g/mol. The molecule has 0 amide bonds. The number of nitrogens with zero attached hydrogens (tertiary/aromatic N) is 1. The topological polar surface area (TPSA) is 45.8 Å². The molecule has 96 valence electrons. The van der Waals surface area contributed by atoms with Crippen LogP contribution in [-0.4, -0.2) is 10.2 Å². The van der Waals surface area contributed by atoms with Crippen LogP contribution in [-0.2, 0) is 6.42 Å².